The zero-order valence-electron chi connectivity index (χ0n) is 10.2. The van der Waals surface area contributed by atoms with Crippen molar-refractivity contribution in [2.75, 3.05) is 4.72 Å². The van der Waals surface area contributed by atoms with Crippen LogP contribution in [0.15, 0.2) is 47.4 Å². The molecule has 2 rings (SSSR count). The summed E-state index contributed by atoms with van der Waals surface area (Å²) in [6, 6.07) is 10.5. The molecule has 2 N–H and O–H groups in total. The SMILES string of the molecule is O=S(=O)(Nc1cccc(CO)c1)c1cc(Cl)cc(Cl)c1. The minimum absolute atomic E-state index is 0.0237. The molecule has 0 atom stereocenters. The molecule has 0 saturated carbocycles. The molecule has 0 fully saturated rings. The number of hydrogen-bond donors (Lipinski definition) is 2. The van der Waals surface area contributed by atoms with Gasteiger partial charge in [0.1, 0.15) is 0 Å². The van der Waals surface area contributed by atoms with E-state index >= 15 is 0 Å². The third-order valence-electron chi connectivity index (χ3n) is 2.51. The average Bonchev–Trinajstić information content (AvgIpc) is 2.37. The standard InChI is InChI=1S/C13H11Cl2NO3S/c14-10-5-11(15)7-13(6-10)20(18,19)16-12-3-1-2-9(4-12)8-17/h1-7,16-17H,8H2. The average molecular weight is 332 g/mol. The Morgan fingerprint density at radius 3 is 2.30 bits per heavy atom. The molecule has 20 heavy (non-hydrogen) atoms. The van der Waals surface area contributed by atoms with Gasteiger partial charge in [0.2, 0.25) is 0 Å². The number of benzene rings is 2. The normalized spacial score (nSPS) is 11.3. The van der Waals surface area contributed by atoms with Gasteiger partial charge in [0, 0.05) is 15.7 Å². The van der Waals surface area contributed by atoms with Crippen molar-refractivity contribution in [3.63, 3.8) is 0 Å². The number of sulfonamides is 1. The van der Waals surface area contributed by atoms with Crippen LogP contribution in [0.1, 0.15) is 5.56 Å². The lowest BCUT2D eigenvalue weighted by molar-refractivity contribution is 0.282. The van der Waals surface area contributed by atoms with Gasteiger partial charge in [-0.3, -0.25) is 4.72 Å². The van der Waals surface area contributed by atoms with Crippen molar-refractivity contribution in [1.29, 1.82) is 0 Å². The number of hydrogen-bond acceptors (Lipinski definition) is 3. The first-order chi connectivity index (χ1) is 9.40. The molecule has 0 aliphatic rings. The van der Waals surface area contributed by atoms with E-state index in [-0.39, 0.29) is 21.5 Å². The Morgan fingerprint density at radius 1 is 1.05 bits per heavy atom. The Hall–Kier alpha value is -1.27. The van der Waals surface area contributed by atoms with E-state index in [0.717, 1.165) is 0 Å². The molecular formula is C13H11Cl2NO3S. The maximum Gasteiger partial charge on any atom is 0.261 e. The van der Waals surface area contributed by atoms with Gasteiger partial charge in [-0.05, 0) is 35.9 Å². The van der Waals surface area contributed by atoms with Crippen LogP contribution in [-0.2, 0) is 16.6 Å². The lowest BCUT2D eigenvalue weighted by atomic mass is 10.2. The van der Waals surface area contributed by atoms with Crippen molar-refractivity contribution in [2.24, 2.45) is 0 Å². The molecule has 0 aliphatic carbocycles. The Balaban J connectivity index is 2.35. The lowest BCUT2D eigenvalue weighted by Gasteiger charge is -2.09. The van der Waals surface area contributed by atoms with Crippen molar-refractivity contribution in [1.82, 2.24) is 0 Å². The highest BCUT2D eigenvalue weighted by molar-refractivity contribution is 7.92. The number of halogens is 2. The summed E-state index contributed by atoms with van der Waals surface area (Å²) >= 11 is 11.6. The molecule has 2 aromatic carbocycles. The monoisotopic (exact) mass is 331 g/mol. The molecule has 0 saturated heterocycles. The summed E-state index contributed by atoms with van der Waals surface area (Å²) in [4.78, 5) is -0.0237. The minimum Gasteiger partial charge on any atom is -0.392 e. The predicted molar refractivity (Wildman–Crippen MR) is 79.6 cm³/mol. The summed E-state index contributed by atoms with van der Waals surface area (Å²) in [5.74, 6) is 0. The van der Waals surface area contributed by atoms with Crippen molar-refractivity contribution in [3.05, 3.63) is 58.1 Å². The lowest BCUT2D eigenvalue weighted by Crippen LogP contribution is -2.13. The molecule has 0 unspecified atom stereocenters. The first-order valence-electron chi connectivity index (χ1n) is 5.59. The summed E-state index contributed by atoms with van der Waals surface area (Å²) < 4.78 is 26.8. The van der Waals surface area contributed by atoms with Crippen LogP contribution in [0.5, 0.6) is 0 Å². The van der Waals surface area contributed by atoms with Crippen LogP contribution < -0.4 is 4.72 Å². The van der Waals surface area contributed by atoms with Gasteiger partial charge in [-0.15, -0.1) is 0 Å². The number of anilines is 1. The fourth-order valence-electron chi connectivity index (χ4n) is 1.63. The first-order valence-corrected chi connectivity index (χ1v) is 7.83. The van der Waals surface area contributed by atoms with Crippen LogP contribution in [-0.4, -0.2) is 13.5 Å². The van der Waals surface area contributed by atoms with E-state index in [0.29, 0.717) is 11.3 Å². The molecular weight excluding hydrogens is 321 g/mol. The molecule has 4 nitrogen and oxygen atoms in total. The van der Waals surface area contributed by atoms with Gasteiger partial charge in [0.25, 0.3) is 10.0 Å². The van der Waals surface area contributed by atoms with Crippen LogP contribution >= 0.6 is 23.2 Å². The molecule has 0 heterocycles. The second-order valence-electron chi connectivity index (χ2n) is 4.07. The summed E-state index contributed by atoms with van der Waals surface area (Å²) in [6.07, 6.45) is 0. The third-order valence-corrected chi connectivity index (χ3v) is 4.31. The van der Waals surface area contributed by atoms with Crippen LogP contribution in [0.25, 0.3) is 0 Å². The molecule has 0 bridgehead atoms. The highest BCUT2D eigenvalue weighted by Gasteiger charge is 2.15. The zero-order chi connectivity index (χ0) is 14.8. The Kier molecular flexibility index (Phi) is 4.55. The van der Waals surface area contributed by atoms with Crippen LogP contribution in [0, 0.1) is 0 Å². The Labute approximate surface area is 127 Å². The van der Waals surface area contributed by atoms with Crippen LogP contribution in [0.3, 0.4) is 0 Å². The second kappa shape index (κ2) is 6.01. The van der Waals surface area contributed by atoms with Crippen LogP contribution in [0.4, 0.5) is 5.69 Å². The van der Waals surface area contributed by atoms with Gasteiger partial charge < -0.3 is 5.11 Å². The van der Waals surface area contributed by atoms with Gasteiger partial charge >= 0.3 is 0 Å². The minimum atomic E-state index is -3.78. The van der Waals surface area contributed by atoms with Gasteiger partial charge in [-0.25, -0.2) is 8.42 Å². The first kappa shape index (κ1) is 15.1. The number of aliphatic hydroxyl groups is 1. The van der Waals surface area contributed by atoms with E-state index in [1.165, 1.54) is 18.2 Å². The van der Waals surface area contributed by atoms with Gasteiger partial charge in [-0.2, -0.15) is 0 Å². The Bertz CT molecular complexity index is 712. The number of aliphatic hydroxyl groups excluding tert-OH is 1. The van der Waals surface area contributed by atoms with E-state index in [1.807, 2.05) is 0 Å². The number of nitrogens with one attached hydrogen (secondary N) is 1. The molecule has 2 aromatic rings. The van der Waals surface area contributed by atoms with E-state index in [1.54, 1.807) is 24.3 Å². The van der Waals surface area contributed by atoms with E-state index < -0.39 is 10.0 Å². The smallest absolute Gasteiger partial charge is 0.261 e. The number of rotatable bonds is 4. The van der Waals surface area contributed by atoms with Crippen molar-refractivity contribution in [2.45, 2.75) is 11.5 Å². The Morgan fingerprint density at radius 2 is 1.70 bits per heavy atom. The molecule has 0 amide bonds. The van der Waals surface area contributed by atoms with Crippen molar-refractivity contribution >= 4 is 38.9 Å². The second-order valence-corrected chi connectivity index (χ2v) is 6.62. The highest BCUT2D eigenvalue weighted by Crippen LogP contribution is 2.24. The molecule has 0 radical (unpaired) electrons. The molecule has 0 aliphatic heterocycles. The summed E-state index contributed by atoms with van der Waals surface area (Å²) in [7, 11) is -3.78. The fourth-order valence-corrected chi connectivity index (χ4v) is 3.41. The predicted octanol–water partition coefficient (Wildman–Crippen LogP) is 3.29. The molecule has 0 spiro atoms. The van der Waals surface area contributed by atoms with Gasteiger partial charge in [-0.1, -0.05) is 35.3 Å². The highest BCUT2D eigenvalue weighted by atomic mass is 35.5. The van der Waals surface area contributed by atoms with Gasteiger partial charge in [0.05, 0.1) is 11.5 Å². The molecule has 0 aromatic heterocycles. The van der Waals surface area contributed by atoms with E-state index in [2.05, 4.69) is 4.72 Å². The fraction of sp³-hybridized carbons (Fsp3) is 0.0769. The van der Waals surface area contributed by atoms with E-state index in [9.17, 15) is 8.42 Å². The van der Waals surface area contributed by atoms with Crippen molar-refractivity contribution < 1.29 is 13.5 Å². The molecule has 7 heteroatoms. The maximum atomic E-state index is 12.2. The summed E-state index contributed by atoms with van der Waals surface area (Å²) in [5.41, 5.74) is 0.960. The summed E-state index contributed by atoms with van der Waals surface area (Å²) in [5, 5.41) is 9.51. The molecule has 106 valence electrons. The largest absolute Gasteiger partial charge is 0.392 e. The maximum absolute atomic E-state index is 12.2. The van der Waals surface area contributed by atoms with E-state index in [4.69, 9.17) is 28.3 Å². The quantitative estimate of drug-likeness (QED) is 0.903. The van der Waals surface area contributed by atoms with Gasteiger partial charge in [0.15, 0.2) is 0 Å². The topological polar surface area (TPSA) is 66.4 Å². The third kappa shape index (κ3) is 3.64. The summed E-state index contributed by atoms with van der Waals surface area (Å²) in [6.45, 7) is -0.168. The van der Waals surface area contributed by atoms with Crippen LogP contribution in [0.2, 0.25) is 10.0 Å². The van der Waals surface area contributed by atoms with Crippen molar-refractivity contribution in [3.8, 4) is 0 Å². The zero-order valence-corrected chi connectivity index (χ0v) is 12.5.